The zero-order valence-corrected chi connectivity index (χ0v) is 19.1. The molecule has 0 aliphatic carbocycles. The maximum Gasteiger partial charge on any atom is 0.407 e. The summed E-state index contributed by atoms with van der Waals surface area (Å²) in [5, 5.41) is 10.6. The van der Waals surface area contributed by atoms with Gasteiger partial charge in [-0.05, 0) is 90.4 Å². The van der Waals surface area contributed by atoms with E-state index >= 15 is 0 Å². The number of nitrogens with one attached hydrogen (secondary N) is 2. The van der Waals surface area contributed by atoms with Crippen LogP contribution >= 0.6 is 0 Å². The van der Waals surface area contributed by atoms with Gasteiger partial charge in [0.25, 0.3) is 0 Å². The number of hydrogen-bond acceptors (Lipinski definition) is 5. The Morgan fingerprint density at radius 2 is 1.87 bits per heavy atom. The zero-order chi connectivity index (χ0) is 22.1. The van der Waals surface area contributed by atoms with Crippen molar-refractivity contribution in [2.45, 2.75) is 59.1 Å². The van der Waals surface area contributed by atoms with Crippen LogP contribution in [0.3, 0.4) is 0 Å². The van der Waals surface area contributed by atoms with Crippen molar-refractivity contribution < 1.29 is 14.3 Å². The molecule has 1 aromatic carbocycles. The fraction of sp³-hybridized carbons (Fsp3) is 0.565. The molecule has 7 heteroatoms. The topological polar surface area (TPSA) is 77.4 Å². The smallest absolute Gasteiger partial charge is 0.407 e. The van der Waals surface area contributed by atoms with Crippen LogP contribution in [0.15, 0.2) is 30.5 Å². The van der Waals surface area contributed by atoms with Crippen LogP contribution in [0.1, 0.15) is 46.6 Å². The normalized spacial score (nSPS) is 11.6. The first-order valence-corrected chi connectivity index (χ1v) is 10.6. The van der Waals surface area contributed by atoms with E-state index in [4.69, 9.17) is 9.47 Å². The molecule has 0 saturated heterocycles. The first-order valence-electron chi connectivity index (χ1n) is 10.6. The fourth-order valence-corrected chi connectivity index (χ4v) is 3.05. The molecule has 0 bridgehead atoms. The largest absolute Gasteiger partial charge is 0.491 e. The summed E-state index contributed by atoms with van der Waals surface area (Å²) < 4.78 is 12.8. The number of rotatable bonds is 10. The summed E-state index contributed by atoms with van der Waals surface area (Å²) in [4.78, 5) is 11.6. The van der Waals surface area contributed by atoms with Crippen LogP contribution in [0, 0.1) is 0 Å². The van der Waals surface area contributed by atoms with Crippen LogP contribution in [-0.4, -0.2) is 47.2 Å². The van der Waals surface area contributed by atoms with Gasteiger partial charge in [0.05, 0.1) is 24.6 Å². The third-order valence-corrected chi connectivity index (χ3v) is 4.29. The fourth-order valence-electron chi connectivity index (χ4n) is 3.05. The van der Waals surface area contributed by atoms with Gasteiger partial charge in [-0.15, -0.1) is 0 Å². The van der Waals surface area contributed by atoms with Gasteiger partial charge in [-0.2, -0.15) is 5.10 Å². The second-order valence-electron chi connectivity index (χ2n) is 8.70. The molecule has 0 radical (unpaired) electrons. The van der Waals surface area contributed by atoms with E-state index in [1.807, 2.05) is 64.7 Å². The van der Waals surface area contributed by atoms with E-state index in [0.717, 1.165) is 42.9 Å². The molecule has 2 N–H and O–H groups in total. The molecule has 7 nitrogen and oxygen atoms in total. The minimum absolute atomic E-state index is 0.160. The molecule has 1 amide bonds. The van der Waals surface area contributed by atoms with Gasteiger partial charge in [0.15, 0.2) is 0 Å². The standard InChI is InChI=1S/C23H36N4O3/c1-17(2)30-20-10-8-18(9-11-20)21-19(16-25-27(21)6)12-14-24-13-7-15-29-22(28)26-23(3,4)5/h8-11,16-17,24H,7,12-15H2,1-6H3,(H,26,28). The van der Waals surface area contributed by atoms with Gasteiger partial charge >= 0.3 is 6.09 Å². The van der Waals surface area contributed by atoms with Crippen molar-refractivity contribution in [3.8, 4) is 17.0 Å². The minimum Gasteiger partial charge on any atom is -0.491 e. The zero-order valence-electron chi connectivity index (χ0n) is 19.1. The summed E-state index contributed by atoms with van der Waals surface area (Å²) in [7, 11) is 1.96. The summed E-state index contributed by atoms with van der Waals surface area (Å²) in [6, 6.07) is 8.15. The van der Waals surface area contributed by atoms with Gasteiger partial charge in [0.1, 0.15) is 5.75 Å². The molecule has 0 fully saturated rings. The van der Waals surface area contributed by atoms with Gasteiger partial charge in [-0.25, -0.2) is 4.79 Å². The Labute approximate surface area is 180 Å². The third-order valence-electron chi connectivity index (χ3n) is 4.29. The quantitative estimate of drug-likeness (QED) is 0.574. The molecule has 30 heavy (non-hydrogen) atoms. The lowest BCUT2D eigenvalue weighted by atomic mass is 10.1. The predicted octanol–water partition coefficient (Wildman–Crippen LogP) is 3.92. The van der Waals surface area contributed by atoms with Crippen LogP contribution in [0.2, 0.25) is 0 Å². The van der Waals surface area contributed by atoms with Crippen LogP contribution in [-0.2, 0) is 18.2 Å². The second kappa shape index (κ2) is 11.0. The molecular formula is C23H36N4O3. The van der Waals surface area contributed by atoms with Crippen molar-refractivity contribution in [3.63, 3.8) is 0 Å². The molecule has 2 aromatic rings. The third kappa shape index (κ3) is 8.06. The highest BCUT2D eigenvalue weighted by Crippen LogP contribution is 2.26. The lowest BCUT2D eigenvalue weighted by Crippen LogP contribution is -2.41. The summed E-state index contributed by atoms with van der Waals surface area (Å²) in [6.07, 6.45) is 3.36. The van der Waals surface area contributed by atoms with Crippen molar-refractivity contribution in [1.82, 2.24) is 20.4 Å². The molecule has 0 saturated carbocycles. The number of benzene rings is 1. The molecule has 1 heterocycles. The van der Waals surface area contributed by atoms with E-state index in [-0.39, 0.29) is 17.7 Å². The number of nitrogens with zero attached hydrogens (tertiary/aromatic N) is 2. The number of carbonyl (C=O) groups excluding carboxylic acids is 1. The number of carbonyl (C=O) groups is 1. The van der Waals surface area contributed by atoms with Gasteiger partial charge < -0.3 is 20.1 Å². The van der Waals surface area contributed by atoms with Crippen molar-refractivity contribution in [3.05, 3.63) is 36.0 Å². The highest BCUT2D eigenvalue weighted by molar-refractivity contribution is 5.68. The highest BCUT2D eigenvalue weighted by Gasteiger charge is 2.14. The SMILES string of the molecule is CC(C)Oc1ccc(-c2c(CCNCCCOC(=O)NC(C)(C)C)cnn2C)cc1. The van der Waals surface area contributed by atoms with Gasteiger partial charge in [0.2, 0.25) is 0 Å². The highest BCUT2D eigenvalue weighted by atomic mass is 16.5. The number of alkyl carbamates (subject to hydrolysis) is 1. The average Bonchev–Trinajstić information content (AvgIpc) is 3.00. The number of aromatic nitrogens is 2. The molecule has 166 valence electrons. The summed E-state index contributed by atoms with van der Waals surface area (Å²) in [5.41, 5.74) is 3.16. The second-order valence-corrected chi connectivity index (χ2v) is 8.70. The molecule has 0 aliphatic heterocycles. The van der Waals surface area contributed by atoms with Crippen LogP contribution in [0.5, 0.6) is 5.75 Å². The van der Waals surface area contributed by atoms with Crippen molar-refractivity contribution in [2.75, 3.05) is 19.7 Å². The van der Waals surface area contributed by atoms with E-state index in [0.29, 0.717) is 6.61 Å². The van der Waals surface area contributed by atoms with Crippen LogP contribution < -0.4 is 15.4 Å². The van der Waals surface area contributed by atoms with Crippen LogP contribution in [0.25, 0.3) is 11.3 Å². The lowest BCUT2D eigenvalue weighted by Gasteiger charge is -2.19. The van der Waals surface area contributed by atoms with Gasteiger partial charge in [-0.1, -0.05) is 0 Å². The van der Waals surface area contributed by atoms with Crippen molar-refractivity contribution in [2.24, 2.45) is 7.05 Å². The van der Waals surface area contributed by atoms with E-state index in [1.165, 1.54) is 5.56 Å². The Bertz CT molecular complexity index is 792. The molecule has 1 aromatic heterocycles. The van der Waals surface area contributed by atoms with E-state index < -0.39 is 0 Å². The van der Waals surface area contributed by atoms with Crippen molar-refractivity contribution >= 4 is 6.09 Å². The lowest BCUT2D eigenvalue weighted by molar-refractivity contribution is 0.136. The molecule has 2 rings (SSSR count). The Morgan fingerprint density at radius 3 is 2.50 bits per heavy atom. The Morgan fingerprint density at radius 1 is 1.17 bits per heavy atom. The van der Waals surface area contributed by atoms with Crippen molar-refractivity contribution in [1.29, 1.82) is 0 Å². The summed E-state index contributed by atoms with van der Waals surface area (Å²) >= 11 is 0. The summed E-state index contributed by atoms with van der Waals surface area (Å²) in [5.74, 6) is 0.873. The van der Waals surface area contributed by atoms with E-state index in [9.17, 15) is 4.79 Å². The number of hydrogen-bond donors (Lipinski definition) is 2. The molecule has 0 unspecified atom stereocenters. The summed E-state index contributed by atoms with van der Waals surface area (Å²) in [6.45, 7) is 11.8. The average molecular weight is 417 g/mol. The first-order chi connectivity index (χ1) is 14.2. The molecular weight excluding hydrogens is 380 g/mol. The monoisotopic (exact) mass is 416 g/mol. The number of amides is 1. The van der Waals surface area contributed by atoms with Gasteiger partial charge in [-0.3, -0.25) is 4.68 Å². The Kier molecular flexibility index (Phi) is 8.72. The number of aryl methyl sites for hydroxylation is 1. The minimum atomic E-state index is -0.368. The van der Waals surface area contributed by atoms with E-state index in [2.05, 4.69) is 27.9 Å². The predicted molar refractivity (Wildman–Crippen MR) is 120 cm³/mol. The molecule has 0 aliphatic rings. The first kappa shape index (κ1) is 23.7. The molecule has 0 spiro atoms. The van der Waals surface area contributed by atoms with Gasteiger partial charge in [0, 0.05) is 18.2 Å². The number of ether oxygens (including phenoxy) is 2. The van der Waals surface area contributed by atoms with E-state index in [1.54, 1.807) is 0 Å². The maximum absolute atomic E-state index is 11.6. The Hall–Kier alpha value is -2.54. The maximum atomic E-state index is 11.6. The Balaban J connectivity index is 1.76. The molecule has 0 atom stereocenters. The van der Waals surface area contributed by atoms with Crippen LogP contribution in [0.4, 0.5) is 4.79 Å².